The average molecular weight is 353 g/mol. The van der Waals surface area contributed by atoms with Gasteiger partial charge in [-0.25, -0.2) is 0 Å². The van der Waals surface area contributed by atoms with Crippen molar-refractivity contribution in [2.75, 3.05) is 26.2 Å². The molecule has 0 aromatic heterocycles. The molecule has 0 aromatic rings. The van der Waals surface area contributed by atoms with E-state index in [1.165, 1.54) is 71.0 Å². The first-order chi connectivity index (χ1) is 12.0. The van der Waals surface area contributed by atoms with Crippen LogP contribution in [-0.4, -0.2) is 60.3 Å². The van der Waals surface area contributed by atoms with Crippen molar-refractivity contribution in [1.29, 1.82) is 0 Å². The summed E-state index contributed by atoms with van der Waals surface area (Å²) in [4.78, 5) is 5.47. The van der Waals surface area contributed by atoms with Gasteiger partial charge in [0.1, 0.15) is 0 Å². The van der Waals surface area contributed by atoms with Gasteiger partial charge < -0.3 is 4.74 Å². The van der Waals surface area contributed by atoms with Crippen LogP contribution in [0.3, 0.4) is 0 Å². The third kappa shape index (κ3) is 6.52. The second-order valence-electron chi connectivity index (χ2n) is 8.74. The minimum Gasteiger partial charge on any atom is -0.379 e. The molecule has 1 saturated heterocycles. The van der Waals surface area contributed by atoms with E-state index < -0.39 is 0 Å². The molecule has 2 aliphatic rings. The Morgan fingerprint density at radius 3 is 2.16 bits per heavy atom. The highest BCUT2D eigenvalue weighted by Gasteiger charge is 2.30. The van der Waals surface area contributed by atoms with Gasteiger partial charge >= 0.3 is 0 Å². The van der Waals surface area contributed by atoms with Gasteiger partial charge in [-0.15, -0.1) is 0 Å². The van der Waals surface area contributed by atoms with Crippen LogP contribution in [0.15, 0.2) is 0 Å². The predicted octanol–water partition coefficient (Wildman–Crippen LogP) is 4.95. The van der Waals surface area contributed by atoms with Gasteiger partial charge in [0.2, 0.25) is 0 Å². The Morgan fingerprint density at radius 2 is 1.60 bits per heavy atom. The van der Waals surface area contributed by atoms with Gasteiger partial charge in [0, 0.05) is 37.8 Å². The minimum absolute atomic E-state index is 0.560. The normalized spacial score (nSPS) is 33.5. The lowest BCUT2D eigenvalue weighted by Crippen LogP contribution is -2.58. The highest BCUT2D eigenvalue weighted by atomic mass is 16.5. The van der Waals surface area contributed by atoms with E-state index in [0.29, 0.717) is 18.2 Å². The summed E-state index contributed by atoms with van der Waals surface area (Å²) in [5.74, 6) is 0.966. The van der Waals surface area contributed by atoms with E-state index in [0.717, 1.165) is 18.6 Å². The number of nitrogens with zero attached hydrogens (tertiary/aromatic N) is 2. The van der Waals surface area contributed by atoms with Crippen molar-refractivity contribution < 1.29 is 4.74 Å². The molecule has 2 fully saturated rings. The smallest absolute Gasteiger partial charge is 0.0575 e. The summed E-state index contributed by atoms with van der Waals surface area (Å²) in [7, 11) is 0. The first-order valence-corrected chi connectivity index (χ1v) is 11.2. The van der Waals surface area contributed by atoms with E-state index in [2.05, 4.69) is 44.4 Å². The molecule has 0 bridgehead atoms. The first kappa shape index (κ1) is 21.2. The molecule has 3 heteroatoms. The fraction of sp³-hybridized carbons (Fsp3) is 1.00. The molecule has 25 heavy (non-hydrogen) atoms. The van der Waals surface area contributed by atoms with Crippen LogP contribution in [0, 0.1) is 5.92 Å². The molecule has 1 unspecified atom stereocenters. The summed E-state index contributed by atoms with van der Waals surface area (Å²) in [6.45, 7) is 16.4. The second-order valence-corrected chi connectivity index (χ2v) is 8.74. The van der Waals surface area contributed by atoms with Gasteiger partial charge in [-0.1, -0.05) is 19.8 Å². The monoisotopic (exact) mass is 352 g/mol. The largest absolute Gasteiger partial charge is 0.379 e. The lowest BCUT2D eigenvalue weighted by atomic mass is 9.84. The Balaban J connectivity index is 1.62. The van der Waals surface area contributed by atoms with Gasteiger partial charge in [-0.3, -0.25) is 9.80 Å². The number of ether oxygens (including phenoxy) is 1. The average Bonchev–Trinajstić information content (AvgIpc) is 2.61. The first-order valence-electron chi connectivity index (χ1n) is 11.2. The molecule has 1 saturated carbocycles. The Hall–Kier alpha value is -0.120. The van der Waals surface area contributed by atoms with Crippen molar-refractivity contribution in [2.45, 2.75) is 110 Å². The van der Waals surface area contributed by atoms with Crippen LogP contribution >= 0.6 is 0 Å². The van der Waals surface area contributed by atoms with E-state index in [-0.39, 0.29) is 0 Å². The summed E-state index contributed by atoms with van der Waals surface area (Å²) >= 11 is 0. The molecule has 148 valence electrons. The van der Waals surface area contributed by atoms with Crippen molar-refractivity contribution in [3.05, 3.63) is 0 Å². The molecule has 3 nitrogen and oxygen atoms in total. The molecule has 2 rings (SSSR count). The Kier molecular flexibility index (Phi) is 9.23. The van der Waals surface area contributed by atoms with E-state index in [9.17, 15) is 0 Å². The third-order valence-corrected chi connectivity index (χ3v) is 6.82. The third-order valence-electron chi connectivity index (χ3n) is 6.82. The molecular formula is C22H44N2O. The Morgan fingerprint density at radius 1 is 0.960 bits per heavy atom. The number of hydrogen-bond acceptors (Lipinski definition) is 3. The molecular weight excluding hydrogens is 308 g/mol. The van der Waals surface area contributed by atoms with Crippen molar-refractivity contribution in [2.24, 2.45) is 5.92 Å². The van der Waals surface area contributed by atoms with Crippen molar-refractivity contribution in [1.82, 2.24) is 9.80 Å². The zero-order valence-corrected chi connectivity index (χ0v) is 17.7. The van der Waals surface area contributed by atoms with Gasteiger partial charge in [-0.2, -0.15) is 0 Å². The number of hydrogen-bond donors (Lipinski definition) is 0. The van der Waals surface area contributed by atoms with Crippen molar-refractivity contribution in [3.63, 3.8) is 0 Å². The standard InChI is InChI=1S/C22H44N2O/c1-6-18(3)23-16-19(4)24(20(5)17-23)15-9-8-10-21-11-13-22(14-12-21)25-7-2/h18-22H,6-17H2,1-5H3/t18?,19-,20-,21-,22-/m0/s1. The van der Waals surface area contributed by atoms with Crippen molar-refractivity contribution >= 4 is 0 Å². The summed E-state index contributed by atoms with van der Waals surface area (Å²) in [5, 5.41) is 0. The molecule has 1 aliphatic carbocycles. The summed E-state index contributed by atoms with van der Waals surface area (Å²) in [6.07, 6.45) is 11.4. The molecule has 3 atom stereocenters. The zero-order valence-electron chi connectivity index (χ0n) is 17.7. The van der Waals surface area contributed by atoms with Crippen LogP contribution in [0.4, 0.5) is 0 Å². The Bertz CT molecular complexity index is 342. The van der Waals surface area contributed by atoms with Gasteiger partial charge in [0.05, 0.1) is 6.10 Å². The maximum Gasteiger partial charge on any atom is 0.0575 e. The number of unbranched alkanes of at least 4 members (excludes halogenated alkanes) is 1. The van der Waals surface area contributed by atoms with E-state index >= 15 is 0 Å². The molecule has 0 N–H and O–H groups in total. The van der Waals surface area contributed by atoms with Crippen LogP contribution in [-0.2, 0) is 4.74 Å². The fourth-order valence-corrected chi connectivity index (χ4v) is 5.01. The second kappa shape index (κ2) is 10.9. The predicted molar refractivity (Wildman–Crippen MR) is 108 cm³/mol. The maximum atomic E-state index is 5.78. The number of rotatable bonds is 9. The maximum absolute atomic E-state index is 5.78. The topological polar surface area (TPSA) is 15.7 Å². The zero-order chi connectivity index (χ0) is 18.2. The summed E-state index contributed by atoms with van der Waals surface area (Å²) < 4.78 is 5.78. The lowest BCUT2D eigenvalue weighted by Gasteiger charge is -2.46. The number of piperazine rings is 1. The van der Waals surface area contributed by atoms with Crippen LogP contribution in [0.5, 0.6) is 0 Å². The van der Waals surface area contributed by atoms with Crippen LogP contribution < -0.4 is 0 Å². The SMILES string of the molecule is CCO[C@H]1CC[C@H](CCCCN2[C@@H](C)CN(C(C)CC)C[C@@H]2C)CC1. The molecule has 0 aromatic carbocycles. The fourth-order valence-electron chi connectivity index (χ4n) is 5.01. The minimum atomic E-state index is 0.560. The molecule has 0 radical (unpaired) electrons. The summed E-state index contributed by atoms with van der Waals surface area (Å²) in [5.41, 5.74) is 0. The van der Waals surface area contributed by atoms with Crippen LogP contribution in [0.2, 0.25) is 0 Å². The highest BCUT2D eigenvalue weighted by molar-refractivity contribution is 4.86. The summed E-state index contributed by atoms with van der Waals surface area (Å²) in [6, 6.07) is 2.15. The van der Waals surface area contributed by atoms with Gasteiger partial charge in [0.25, 0.3) is 0 Å². The van der Waals surface area contributed by atoms with E-state index in [1.807, 2.05) is 0 Å². The quantitative estimate of drug-likeness (QED) is 0.546. The van der Waals surface area contributed by atoms with Gasteiger partial charge in [-0.05, 0) is 78.7 Å². The molecule has 0 spiro atoms. The van der Waals surface area contributed by atoms with E-state index in [1.54, 1.807) is 0 Å². The molecule has 1 aliphatic heterocycles. The Labute approximate surface area is 157 Å². The van der Waals surface area contributed by atoms with Gasteiger partial charge in [0.15, 0.2) is 0 Å². The van der Waals surface area contributed by atoms with Crippen LogP contribution in [0.1, 0.15) is 86.0 Å². The van der Waals surface area contributed by atoms with E-state index in [4.69, 9.17) is 4.74 Å². The lowest BCUT2D eigenvalue weighted by molar-refractivity contribution is 0.0165. The molecule has 0 amide bonds. The van der Waals surface area contributed by atoms with Crippen LogP contribution in [0.25, 0.3) is 0 Å². The highest BCUT2D eigenvalue weighted by Crippen LogP contribution is 2.30. The molecule has 1 heterocycles. The van der Waals surface area contributed by atoms with Crippen molar-refractivity contribution in [3.8, 4) is 0 Å².